The normalized spacial score (nSPS) is 9.75. The molecule has 0 saturated carbocycles. The Morgan fingerprint density at radius 3 is 2.75 bits per heavy atom. The minimum Gasteiger partial charge on any atom is -0.316 e. The molecule has 3 N–H and O–H groups in total. The lowest BCUT2D eigenvalue weighted by atomic mass is 10.3. The van der Waals surface area contributed by atoms with Gasteiger partial charge in [0.15, 0.2) is 0 Å². The van der Waals surface area contributed by atoms with E-state index in [4.69, 9.17) is 5.21 Å². The molecule has 0 aliphatic carbocycles. The van der Waals surface area contributed by atoms with Crippen molar-refractivity contribution in [1.82, 2.24) is 10.8 Å². The summed E-state index contributed by atoms with van der Waals surface area (Å²) in [4.78, 5) is 0. The maximum absolute atomic E-state index is 8.05. The topological polar surface area (TPSA) is 44.3 Å². The Bertz CT molecular complexity index is 35.4. The van der Waals surface area contributed by atoms with E-state index >= 15 is 0 Å². The molecule has 0 aromatic carbocycles. The van der Waals surface area contributed by atoms with Crippen molar-refractivity contribution in [3.63, 3.8) is 0 Å². The van der Waals surface area contributed by atoms with Crippen molar-refractivity contribution in [1.29, 1.82) is 0 Å². The number of hydrogen-bond donors (Lipinski definition) is 3. The predicted octanol–water partition coefficient (Wildman–Crippen LogP) is 0.312. The molecular weight excluding hydrogens is 104 g/mol. The van der Waals surface area contributed by atoms with Gasteiger partial charge in [0.25, 0.3) is 0 Å². The highest BCUT2D eigenvalue weighted by Crippen LogP contribution is 1.80. The summed E-state index contributed by atoms with van der Waals surface area (Å²) in [6.07, 6.45) is 2.36. The Morgan fingerprint density at radius 1 is 1.50 bits per heavy atom. The smallest absolute Gasteiger partial charge is 0.0698 e. The average Bonchev–Trinajstić information content (AvgIpc) is 1.81. The molecule has 8 heavy (non-hydrogen) atoms. The van der Waals surface area contributed by atoms with E-state index in [1.807, 2.05) is 5.48 Å². The fourth-order valence-electron chi connectivity index (χ4n) is 0.446. The molecule has 0 heterocycles. The molecule has 3 nitrogen and oxygen atoms in total. The van der Waals surface area contributed by atoms with E-state index in [1.54, 1.807) is 0 Å². The number of hydroxylamine groups is 1. The van der Waals surface area contributed by atoms with Crippen molar-refractivity contribution in [2.75, 3.05) is 13.2 Å². The zero-order chi connectivity index (χ0) is 6.24. The van der Waals surface area contributed by atoms with Crippen molar-refractivity contribution < 1.29 is 5.21 Å². The highest BCUT2D eigenvalue weighted by molar-refractivity contribution is 4.39. The average molecular weight is 118 g/mol. The van der Waals surface area contributed by atoms with Crippen molar-refractivity contribution in [3.05, 3.63) is 0 Å². The van der Waals surface area contributed by atoms with Gasteiger partial charge in [-0.25, -0.2) is 0 Å². The van der Waals surface area contributed by atoms with Crippen LogP contribution in [0.3, 0.4) is 0 Å². The number of unbranched alkanes of at least 4 members (excludes halogenated alkanes) is 1. The van der Waals surface area contributed by atoms with Gasteiger partial charge in [-0.1, -0.05) is 13.3 Å². The van der Waals surface area contributed by atoms with Crippen LogP contribution in [0.1, 0.15) is 19.8 Å². The molecule has 0 spiro atoms. The highest BCUT2D eigenvalue weighted by atomic mass is 16.5. The second-order valence-electron chi connectivity index (χ2n) is 1.69. The van der Waals surface area contributed by atoms with Crippen molar-refractivity contribution in [2.24, 2.45) is 0 Å². The van der Waals surface area contributed by atoms with Gasteiger partial charge in [0, 0.05) is 0 Å². The van der Waals surface area contributed by atoms with Gasteiger partial charge in [-0.05, 0) is 13.0 Å². The van der Waals surface area contributed by atoms with E-state index in [0.717, 1.165) is 6.54 Å². The fraction of sp³-hybridized carbons (Fsp3) is 1.00. The van der Waals surface area contributed by atoms with Gasteiger partial charge in [0.05, 0.1) is 6.67 Å². The zero-order valence-corrected chi connectivity index (χ0v) is 5.28. The zero-order valence-electron chi connectivity index (χ0n) is 5.28. The second kappa shape index (κ2) is 6.88. The van der Waals surface area contributed by atoms with Gasteiger partial charge < -0.3 is 10.5 Å². The quantitative estimate of drug-likeness (QED) is 0.276. The SMILES string of the molecule is CCCCNCNO. The molecule has 50 valence electrons. The van der Waals surface area contributed by atoms with Gasteiger partial charge in [-0.15, -0.1) is 0 Å². The van der Waals surface area contributed by atoms with Gasteiger partial charge in [0.2, 0.25) is 0 Å². The monoisotopic (exact) mass is 118 g/mol. The van der Waals surface area contributed by atoms with Crippen LogP contribution in [0.25, 0.3) is 0 Å². The van der Waals surface area contributed by atoms with Gasteiger partial charge in [-0.2, -0.15) is 5.48 Å². The minimum atomic E-state index is 0.486. The van der Waals surface area contributed by atoms with E-state index in [1.165, 1.54) is 12.8 Å². The molecule has 0 radical (unpaired) electrons. The van der Waals surface area contributed by atoms with Crippen LogP contribution in [-0.4, -0.2) is 18.4 Å². The highest BCUT2D eigenvalue weighted by Gasteiger charge is 1.80. The van der Waals surface area contributed by atoms with Gasteiger partial charge >= 0.3 is 0 Å². The summed E-state index contributed by atoms with van der Waals surface area (Å²) >= 11 is 0. The number of nitrogens with one attached hydrogen (secondary N) is 2. The van der Waals surface area contributed by atoms with E-state index in [9.17, 15) is 0 Å². The Kier molecular flexibility index (Phi) is 6.78. The molecule has 3 heteroatoms. The third kappa shape index (κ3) is 5.88. The molecule has 0 rings (SSSR count). The summed E-state index contributed by atoms with van der Waals surface area (Å²) in [6.45, 7) is 3.60. The van der Waals surface area contributed by atoms with Gasteiger partial charge in [-0.3, -0.25) is 0 Å². The first-order valence-corrected chi connectivity index (χ1v) is 2.99. The maximum atomic E-state index is 8.05. The Balaban J connectivity index is 2.53. The summed E-state index contributed by atoms with van der Waals surface area (Å²) in [6, 6.07) is 0. The lowest BCUT2D eigenvalue weighted by Gasteiger charge is -1.98. The maximum Gasteiger partial charge on any atom is 0.0698 e. The molecule has 0 atom stereocenters. The number of rotatable bonds is 5. The second-order valence-corrected chi connectivity index (χ2v) is 1.69. The third-order valence-electron chi connectivity index (χ3n) is 0.911. The Labute approximate surface area is 50.0 Å². The predicted molar refractivity (Wildman–Crippen MR) is 32.7 cm³/mol. The third-order valence-corrected chi connectivity index (χ3v) is 0.911. The van der Waals surface area contributed by atoms with Crippen molar-refractivity contribution in [3.8, 4) is 0 Å². The number of hydrogen-bond acceptors (Lipinski definition) is 3. The first-order valence-electron chi connectivity index (χ1n) is 2.99. The summed E-state index contributed by atoms with van der Waals surface area (Å²) in [5.74, 6) is 0. The van der Waals surface area contributed by atoms with Crippen molar-refractivity contribution in [2.45, 2.75) is 19.8 Å². The lowest BCUT2D eigenvalue weighted by Crippen LogP contribution is -2.26. The minimum absolute atomic E-state index is 0.486. The summed E-state index contributed by atoms with van der Waals surface area (Å²) in [7, 11) is 0. The van der Waals surface area contributed by atoms with Crippen molar-refractivity contribution >= 4 is 0 Å². The molecule has 0 aromatic rings. The molecule has 0 amide bonds. The molecule has 0 aromatic heterocycles. The van der Waals surface area contributed by atoms with Crippen LogP contribution < -0.4 is 10.8 Å². The first kappa shape index (κ1) is 7.88. The van der Waals surface area contributed by atoms with Crippen LogP contribution in [-0.2, 0) is 0 Å². The van der Waals surface area contributed by atoms with Crippen LogP contribution >= 0.6 is 0 Å². The van der Waals surface area contributed by atoms with Crippen LogP contribution in [0, 0.1) is 0 Å². The Hall–Kier alpha value is -0.120. The van der Waals surface area contributed by atoms with Crippen LogP contribution in [0.4, 0.5) is 0 Å². The fourth-order valence-corrected chi connectivity index (χ4v) is 0.446. The standard InChI is InChI=1S/C5H14N2O/c1-2-3-4-6-5-7-8/h6-8H,2-5H2,1H3. The van der Waals surface area contributed by atoms with E-state index < -0.39 is 0 Å². The molecular formula is C5H14N2O. The first-order chi connectivity index (χ1) is 3.91. The lowest BCUT2D eigenvalue weighted by molar-refractivity contribution is 0.158. The van der Waals surface area contributed by atoms with Crippen LogP contribution in [0.5, 0.6) is 0 Å². The summed E-state index contributed by atoms with van der Waals surface area (Å²) in [5, 5.41) is 11.0. The summed E-state index contributed by atoms with van der Waals surface area (Å²) in [5.41, 5.74) is 2.02. The molecule has 0 bridgehead atoms. The van der Waals surface area contributed by atoms with E-state index in [0.29, 0.717) is 6.67 Å². The van der Waals surface area contributed by atoms with Crippen LogP contribution in [0.15, 0.2) is 0 Å². The van der Waals surface area contributed by atoms with E-state index in [-0.39, 0.29) is 0 Å². The van der Waals surface area contributed by atoms with E-state index in [2.05, 4.69) is 12.2 Å². The van der Waals surface area contributed by atoms with Crippen LogP contribution in [0.2, 0.25) is 0 Å². The Morgan fingerprint density at radius 2 is 2.25 bits per heavy atom. The largest absolute Gasteiger partial charge is 0.316 e. The summed E-state index contributed by atoms with van der Waals surface area (Å²) < 4.78 is 0. The molecule has 0 saturated heterocycles. The molecule has 0 aliphatic heterocycles. The van der Waals surface area contributed by atoms with Gasteiger partial charge in [0.1, 0.15) is 0 Å². The molecule has 0 aliphatic rings. The molecule has 0 unspecified atom stereocenters. The molecule has 0 fully saturated rings.